The maximum atomic E-state index is 12.8. The van der Waals surface area contributed by atoms with Gasteiger partial charge in [-0.3, -0.25) is 4.79 Å². The molecule has 0 saturated heterocycles. The molecule has 106 valence electrons. The van der Waals surface area contributed by atoms with Crippen LogP contribution in [0.5, 0.6) is 0 Å². The van der Waals surface area contributed by atoms with E-state index in [4.69, 9.17) is 0 Å². The zero-order valence-corrected chi connectivity index (χ0v) is 12.3. The Morgan fingerprint density at radius 2 is 1.95 bits per heavy atom. The highest BCUT2D eigenvalue weighted by molar-refractivity contribution is 8.00. The van der Waals surface area contributed by atoms with Gasteiger partial charge in [-0.05, 0) is 24.6 Å². The van der Waals surface area contributed by atoms with E-state index in [1.807, 2.05) is 6.92 Å². The summed E-state index contributed by atoms with van der Waals surface area (Å²) in [5.41, 5.74) is 0.894. The number of benzene rings is 1. The third-order valence-corrected chi connectivity index (χ3v) is 4.24. The van der Waals surface area contributed by atoms with Crippen LogP contribution in [0.25, 0.3) is 0 Å². The number of carbonyl (C=O) groups excluding carboxylic acids is 1. The van der Waals surface area contributed by atoms with Gasteiger partial charge in [0.15, 0.2) is 0 Å². The highest BCUT2D eigenvalue weighted by Crippen LogP contribution is 2.15. The maximum absolute atomic E-state index is 12.8. The lowest BCUT2D eigenvalue weighted by Crippen LogP contribution is -2.29. The van der Waals surface area contributed by atoms with Crippen LogP contribution in [0.15, 0.2) is 24.3 Å². The number of rotatable bonds is 6. The molecule has 0 aromatic heterocycles. The first-order chi connectivity index (χ1) is 8.90. The summed E-state index contributed by atoms with van der Waals surface area (Å²) in [5.74, 6) is 0.0601. The SMILES string of the molecule is C[C@H](O)[C@H](C)SCC(=O)N(C)Cc1ccc(F)cc1. The van der Waals surface area contributed by atoms with Gasteiger partial charge in [0, 0.05) is 18.8 Å². The van der Waals surface area contributed by atoms with Crippen LogP contribution in [0.1, 0.15) is 19.4 Å². The van der Waals surface area contributed by atoms with Gasteiger partial charge in [0.05, 0.1) is 11.9 Å². The number of hydrogen-bond donors (Lipinski definition) is 1. The number of hydrogen-bond acceptors (Lipinski definition) is 3. The van der Waals surface area contributed by atoms with E-state index >= 15 is 0 Å². The maximum Gasteiger partial charge on any atom is 0.232 e. The van der Waals surface area contributed by atoms with E-state index in [1.165, 1.54) is 23.9 Å². The predicted molar refractivity (Wildman–Crippen MR) is 76.5 cm³/mol. The second-order valence-corrected chi connectivity index (χ2v) is 6.00. The average molecular weight is 285 g/mol. The van der Waals surface area contributed by atoms with Gasteiger partial charge in [0.1, 0.15) is 5.82 Å². The first kappa shape index (κ1) is 16.0. The standard InChI is InChI=1S/C14H20FNO2S/c1-10(17)11(2)19-9-14(18)16(3)8-12-4-6-13(15)7-5-12/h4-7,10-11,17H,8-9H2,1-3H3/t10-,11-/m0/s1. The monoisotopic (exact) mass is 285 g/mol. The summed E-state index contributed by atoms with van der Waals surface area (Å²) in [4.78, 5) is 13.5. The van der Waals surface area contributed by atoms with Gasteiger partial charge in [-0.25, -0.2) is 4.39 Å². The van der Waals surface area contributed by atoms with Crippen molar-refractivity contribution in [3.8, 4) is 0 Å². The summed E-state index contributed by atoms with van der Waals surface area (Å²) in [7, 11) is 1.72. The first-order valence-corrected chi connectivity index (χ1v) is 7.23. The van der Waals surface area contributed by atoms with Gasteiger partial charge in [-0.1, -0.05) is 19.1 Å². The molecule has 1 aromatic carbocycles. The molecule has 19 heavy (non-hydrogen) atoms. The molecule has 0 radical (unpaired) electrons. The number of aliphatic hydroxyl groups excluding tert-OH is 1. The molecule has 0 fully saturated rings. The van der Waals surface area contributed by atoms with Gasteiger partial charge in [0.25, 0.3) is 0 Å². The molecule has 1 amide bonds. The molecule has 5 heteroatoms. The highest BCUT2D eigenvalue weighted by Gasteiger charge is 2.14. The van der Waals surface area contributed by atoms with E-state index in [9.17, 15) is 14.3 Å². The van der Waals surface area contributed by atoms with E-state index in [0.29, 0.717) is 12.3 Å². The summed E-state index contributed by atoms with van der Waals surface area (Å²) in [6, 6.07) is 6.12. The number of nitrogens with zero attached hydrogens (tertiary/aromatic N) is 1. The zero-order valence-electron chi connectivity index (χ0n) is 11.5. The Hall–Kier alpha value is -1.07. The molecule has 0 aliphatic carbocycles. The fourth-order valence-electron chi connectivity index (χ4n) is 1.40. The van der Waals surface area contributed by atoms with Crippen molar-refractivity contribution in [1.82, 2.24) is 4.90 Å². The van der Waals surface area contributed by atoms with Crippen LogP contribution in [-0.2, 0) is 11.3 Å². The molecule has 0 bridgehead atoms. The molecule has 2 atom stereocenters. The normalized spacial score (nSPS) is 13.9. The number of aliphatic hydroxyl groups is 1. The Labute approximate surface area is 117 Å². The minimum Gasteiger partial charge on any atom is -0.392 e. The van der Waals surface area contributed by atoms with Gasteiger partial charge < -0.3 is 10.0 Å². The molecule has 1 rings (SSSR count). The van der Waals surface area contributed by atoms with Crippen molar-refractivity contribution < 1.29 is 14.3 Å². The molecule has 0 unspecified atom stereocenters. The van der Waals surface area contributed by atoms with Gasteiger partial charge in [0.2, 0.25) is 5.91 Å². The van der Waals surface area contributed by atoms with Crippen molar-refractivity contribution >= 4 is 17.7 Å². The second kappa shape index (κ2) is 7.50. The highest BCUT2D eigenvalue weighted by atomic mass is 32.2. The molecule has 3 nitrogen and oxygen atoms in total. The molecule has 1 N–H and O–H groups in total. The van der Waals surface area contributed by atoms with E-state index in [2.05, 4.69) is 0 Å². The number of thioether (sulfide) groups is 1. The number of halogens is 1. The van der Waals surface area contributed by atoms with E-state index in [0.717, 1.165) is 5.56 Å². The van der Waals surface area contributed by atoms with Gasteiger partial charge >= 0.3 is 0 Å². The molecular formula is C14H20FNO2S. The molecule has 0 spiro atoms. The Morgan fingerprint density at radius 3 is 2.47 bits per heavy atom. The zero-order chi connectivity index (χ0) is 14.4. The van der Waals surface area contributed by atoms with Gasteiger partial charge in [-0.2, -0.15) is 0 Å². The lowest BCUT2D eigenvalue weighted by Gasteiger charge is -2.19. The lowest BCUT2D eigenvalue weighted by molar-refractivity contribution is -0.127. The minimum absolute atomic E-state index is 0.00169. The van der Waals surface area contributed by atoms with Crippen molar-refractivity contribution in [3.05, 3.63) is 35.6 Å². The third-order valence-electron chi connectivity index (χ3n) is 2.91. The summed E-state index contributed by atoms with van der Waals surface area (Å²) in [5, 5.41) is 9.38. The fourth-order valence-corrected chi connectivity index (χ4v) is 2.31. The van der Waals surface area contributed by atoms with Crippen LogP contribution >= 0.6 is 11.8 Å². The molecule has 0 aliphatic rings. The third kappa shape index (κ3) is 5.61. The quantitative estimate of drug-likeness (QED) is 0.872. The summed E-state index contributed by atoms with van der Waals surface area (Å²) in [6.07, 6.45) is -0.430. The fraction of sp³-hybridized carbons (Fsp3) is 0.500. The topological polar surface area (TPSA) is 40.5 Å². The van der Waals surface area contributed by atoms with Crippen LogP contribution in [0.3, 0.4) is 0 Å². The molecule has 0 heterocycles. The Balaban J connectivity index is 2.42. The Bertz CT molecular complexity index is 408. The first-order valence-electron chi connectivity index (χ1n) is 6.18. The van der Waals surface area contributed by atoms with Crippen LogP contribution in [-0.4, -0.2) is 40.1 Å². The smallest absolute Gasteiger partial charge is 0.232 e. The van der Waals surface area contributed by atoms with E-state index in [-0.39, 0.29) is 17.0 Å². The predicted octanol–water partition coefficient (Wildman–Crippen LogP) is 2.29. The summed E-state index contributed by atoms with van der Waals surface area (Å²) >= 11 is 1.43. The van der Waals surface area contributed by atoms with E-state index < -0.39 is 6.10 Å². The molecule has 0 aliphatic heterocycles. The van der Waals surface area contributed by atoms with Crippen LogP contribution in [0, 0.1) is 5.82 Å². The number of amides is 1. The van der Waals surface area contributed by atoms with Crippen LogP contribution in [0.4, 0.5) is 4.39 Å². The Morgan fingerprint density at radius 1 is 1.37 bits per heavy atom. The van der Waals surface area contributed by atoms with Crippen molar-refractivity contribution in [2.45, 2.75) is 31.7 Å². The van der Waals surface area contributed by atoms with E-state index in [1.54, 1.807) is 31.0 Å². The summed E-state index contributed by atoms with van der Waals surface area (Å²) in [6.45, 7) is 4.07. The Kier molecular flexibility index (Phi) is 6.31. The van der Waals surface area contributed by atoms with Crippen molar-refractivity contribution in [3.63, 3.8) is 0 Å². The summed E-state index contributed by atoms with van der Waals surface area (Å²) < 4.78 is 12.8. The minimum atomic E-state index is -0.430. The van der Waals surface area contributed by atoms with Crippen molar-refractivity contribution in [2.75, 3.05) is 12.8 Å². The van der Waals surface area contributed by atoms with Gasteiger partial charge in [-0.15, -0.1) is 11.8 Å². The largest absolute Gasteiger partial charge is 0.392 e. The lowest BCUT2D eigenvalue weighted by atomic mass is 10.2. The molecule has 0 saturated carbocycles. The molecule has 1 aromatic rings. The van der Waals surface area contributed by atoms with Crippen molar-refractivity contribution in [2.24, 2.45) is 0 Å². The van der Waals surface area contributed by atoms with Crippen molar-refractivity contribution in [1.29, 1.82) is 0 Å². The second-order valence-electron chi connectivity index (χ2n) is 4.63. The number of carbonyl (C=O) groups is 1. The average Bonchev–Trinajstić information content (AvgIpc) is 2.37. The van der Waals surface area contributed by atoms with Crippen LogP contribution in [0.2, 0.25) is 0 Å². The van der Waals surface area contributed by atoms with Crippen LogP contribution < -0.4 is 0 Å². The molecular weight excluding hydrogens is 265 g/mol.